The lowest BCUT2D eigenvalue weighted by Gasteiger charge is -2.33. The number of aliphatic carboxylic acids is 1. The Bertz CT molecular complexity index is 390. The van der Waals surface area contributed by atoms with Crippen LogP contribution in [0.25, 0.3) is 0 Å². The molecule has 0 aromatic heterocycles. The molecule has 2 rings (SSSR count). The molecule has 2 N–H and O–H groups in total. The molecule has 0 radical (unpaired) electrons. The second-order valence-corrected chi connectivity index (χ2v) is 5.98. The minimum Gasteiger partial charge on any atom is -0.481 e. The summed E-state index contributed by atoms with van der Waals surface area (Å²) in [4.78, 5) is 27.1. The van der Waals surface area contributed by atoms with Crippen LogP contribution in [0.4, 0.5) is 4.79 Å². The van der Waals surface area contributed by atoms with E-state index in [0.717, 1.165) is 13.0 Å². The number of likely N-dealkylation sites (N-methyl/N-ethyl adjacent to an activating group) is 2. The molecule has 2 saturated heterocycles. The van der Waals surface area contributed by atoms with Gasteiger partial charge in [-0.15, -0.1) is 0 Å². The molecule has 0 saturated carbocycles. The quantitative estimate of drug-likeness (QED) is 0.775. The molecule has 120 valence electrons. The van der Waals surface area contributed by atoms with Gasteiger partial charge in [-0.3, -0.25) is 4.79 Å². The normalized spacial score (nSPS) is 30.1. The van der Waals surface area contributed by atoms with Gasteiger partial charge in [0.25, 0.3) is 0 Å². The van der Waals surface area contributed by atoms with Crippen molar-refractivity contribution in [2.75, 3.05) is 40.4 Å². The molecule has 3 atom stereocenters. The van der Waals surface area contributed by atoms with Crippen molar-refractivity contribution in [3.63, 3.8) is 0 Å². The van der Waals surface area contributed by atoms with Crippen LogP contribution in [-0.4, -0.2) is 79.4 Å². The van der Waals surface area contributed by atoms with Crippen molar-refractivity contribution in [2.45, 2.75) is 31.3 Å². The summed E-state index contributed by atoms with van der Waals surface area (Å²) in [6.07, 6.45) is 3.49. The minimum absolute atomic E-state index is 0.170. The first-order valence-electron chi connectivity index (χ1n) is 7.52. The number of piperidine rings is 1. The molecular formula is C14H25N3O4. The van der Waals surface area contributed by atoms with Crippen LogP contribution in [0.15, 0.2) is 0 Å². The largest absolute Gasteiger partial charge is 0.481 e. The Hall–Kier alpha value is -1.34. The van der Waals surface area contributed by atoms with Gasteiger partial charge in [-0.05, 0) is 26.4 Å². The summed E-state index contributed by atoms with van der Waals surface area (Å²) in [5.74, 6) is -1.55. The van der Waals surface area contributed by atoms with Crippen LogP contribution in [0.3, 0.4) is 0 Å². The van der Waals surface area contributed by atoms with Crippen molar-refractivity contribution in [3.8, 4) is 0 Å². The number of hydrogen-bond acceptors (Lipinski definition) is 4. The van der Waals surface area contributed by atoms with Gasteiger partial charge in [0.15, 0.2) is 0 Å². The average Bonchev–Trinajstić information content (AvgIpc) is 2.95. The van der Waals surface area contributed by atoms with Gasteiger partial charge in [0.2, 0.25) is 0 Å². The number of nitrogens with zero attached hydrogens (tertiary/aromatic N) is 2. The molecule has 2 aliphatic heterocycles. The monoisotopic (exact) mass is 299 g/mol. The highest BCUT2D eigenvalue weighted by Gasteiger charge is 2.38. The summed E-state index contributed by atoms with van der Waals surface area (Å²) in [5.41, 5.74) is 0. The Morgan fingerprint density at radius 1 is 1.38 bits per heavy atom. The molecule has 0 aliphatic carbocycles. The first-order chi connectivity index (χ1) is 10.0. The molecule has 0 aromatic rings. The molecule has 0 spiro atoms. The third-order valence-electron chi connectivity index (χ3n) is 4.60. The molecule has 7 heteroatoms. The predicted octanol–water partition coefficient (Wildman–Crippen LogP) is 0.212. The first kappa shape index (κ1) is 16.0. The maximum absolute atomic E-state index is 12.2. The average molecular weight is 299 g/mol. The maximum Gasteiger partial charge on any atom is 0.317 e. The van der Waals surface area contributed by atoms with Crippen LogP contribution < -0.4 is 5.32 Å². The molecule has 2 fully saturated rings. The number of ether oxygens (including phenoxy) is 1. The number of likely N-dealkylation sites (tertiary alicyclic amines) is 1. The lowest BCUT2D eigenvalue weighted by atomic mass is 10.0. The predicted molar refractivity (Wildman–Crippen MR) is 77.2 cm³/mol. The van der Waals surface area contributed by atoms with Gasteiger partial charge < -0.3 is 25.0 Å². The van der Waals surface area contributed by atoms with E-state index < -0.39 is 17.9 Å². The second kappa shape index (κ2) is 7.09. The van der Waals surface area contributed by atoms with Crippen molar-refractivity contribution < 1.29 is 19.4 Å². The number of urea groups is 1. The lowest BCUT2D eigenvalue weighted by molar-refractivity contribution is -0.142. The SMILES string of the molecule is CN1CCCCC1CNC(=O)N(C)C1COCC1C(=O)O. The van der Waals surface area contributed by atoms with Crippen LogP contribution >= 0.6 is 0 Å². The molecule has 2 amide bonds. The summed E-state index contributed by atoms with van der Waals surface area (Å²) in [5, 5.41) is 12.1. The lowest BCUT2D eigenvalue weighted by Crippen LogP contribution is -2.51. The van der Waals surface area contributed by atoms with Crippen LogP contribution in [0.2, 0.25) is 0 Å². The van der Waals surface area contributed by atoms with Crippen LogP contribution in [-0.2, 0) is 9.53 Å². The van der Waals surface area contributed by atoms with Crippen molar-refractivity contribution in [2.24, 2.45) is 5.92 Å². The van der Waals surface area contributed by atoms with Crippen LogP contribution in [0.1, 0.15) is 19.3 Å². The fourth-order valence-electron chi connectivity index (χ4n) is 3.04. The topological polar surface area (TPSA) is 82.1 Å². The standard InChI is InChI=1S/C14H25N3O4/c1-16-6-4-3-5-10(16)7-15-14(20)17(2)12-9-21-8-11(12)13(18)19/h10-12H,3-9H2,1-2H3,(H,15,20)(H,18,19). The number of nitrogens with one attached hydrogen (secondary N) is 1. The smallest absolute Gasteiger partial charge is 0.317 e. The Morgan fingerprint density at radius 2 is 2.14 bits per heavy atom. The number of hydrogen-bond donors (Lipinski definition) is 2. The Balaban J connectivity index is 1.83. The highest BCUT2D eigenvalue weighted by molar-refractivity contribution is 5.77. The number of carboxylic acid groups (broad SMARTS) is 1. The first-order valence-corrected chi connectivity index (χ1v) is 7.52. The van der Waals surface area contributed by atoms with E-state index in [4.69, 9.17) is 9.84 Å². The summed E-state index contributed by atoms with van der Waals surface area (Å²) in [6.45, 7) is 2.12. The Labute approximate surface area is 125 Å². The van der Waals surface area contributed by atoms with Gasteiger partial charge in [0.1, 0.15) is 5.92 Å². The van der Waals surface area contributed by atoms with E-state index in [1.54, 1.807) is 7.05 Å². The van der Waals surface area contributed by atoms with Crippen molar-refractivity contribution >= 4 is 12.0 Å². The van der Waals surface area contributed by atoms with E-state index in [2.05, 4.69) is 17.3 Å². The fraction of sp³-hybridized carbons (Fsp3) is 0.857. The van der Waals surface area contributed by atoms with Gasteiger partial charge in [0, 0.05) is 19.6 Å². The van der Waals surface area contributed by atoms with E-state index in [0.29, 0.717) is 12.6 Å². The van der Waals surface area contributed by atoms with Gasteiger partial charge >= 0.3 is 12.0 Å². The summed E-state index contributed by atoms with van der Waals surface area (Å²) >= 11 is 0. The molecule has 0 bridgehead atoms. The Morgan fingerprint density at radius 3 is 2.81 bits per heavy atom. The van der Waals surface area contributed by atoms with E-state index in [-0.39, 0.29) is 19.2 Å². The van der Waals surface area contributed by atoms with Crippen molar-refractivity contribution in [3.05, 3.63) is 0 Å². The fourth-order valence-corrected chi connectivity index (χ4v) is 3.04. The number of carboxylic acids is 1. The third-order valence-corrected chi connectivity index (χ3v) is 4.60. The molecular weight excluding hydrogens is 274 g/mol. The molecule has 21 heavy (non-hydrogen) atoms. The van der Waals surface area contributed by atoms with Crippen LogP contribution in [0, 0.1) is 5.92 Å². The maximum atomic E-state index is 12.2. The highest BCUT2D eigenvalue weighted by Crippen LogP contribution is 2.19. The number of rotatable bonds is 4. The second-order valence-electron chi connectivity index (χ2n) is 5.98. The number of carbonyl (C=O) groups is 2. The zero-order valence-corrected chi connectivity index (χ0v) is 12.7. The molecule has 2 aliphatic rings. The van der Waals surface area contributed by atoms with Crippen LogP contribution in [0.5, 0.6) is 0 Å². The van der Waals surface area contributed by atoms with Crippen molar-refractivity contribution in [1.29, 1.82) is 0 Å². The van der Waals surface area contributed by atoms with E-state index >= 15 is 0 Å². The van der Waals surface area contributed by atoms with E-state index in [1.807, 2.05) is 0 Å². The molecule has 7 nitrogen and oxygen atoms in total. The Kier molecular flexibility index (Phi) is 5.41. The van der Waals surface area contributed by atoms with Gasteiger partial charge in [0.05, 0.1) is 19.3 Å². The minimum atomic E-state index is -0.913. The molecule has 2 heterocycles. The molecule has 0 aromatic carbocycles. The summed E-state index contributed by atoms with van der Waals surface area (Å²) in [6, 6.07) is -0.256. The highest BCUT2D eigenvalue weighted by atomic mass is 16.5. The number of carbonyl (C=O) groups excluding carboxylic acids is 1. The zero-order valence-electron chi connectivity index (χ0n) is 12.7. The van der Waals surface area contributed by atoms with Gasteiger partial charge in [-0.2, -0.15) is 0 Å². The van der Waals surface area contributed by atoms with Gasteiger partial charge in [-0.1, -0.05) is 6.42 Å². The van der Waals surface area contributed by atoms with Gasteiger partial charge in [-0.25, -0.2) is 4.79 Å². The molecule has 3 unspecified atom stereocenters. The summed E-state index contributed by atoms with van der Waals surface area (Å²) < 4.78 is 5.20. The van der Waals surface area contributed by atoms with E-state index in [9.17, 15) is 9.59 Å². The van der Waals surface area contributed by atoms with E-state index in [1.165, 1.54) is 17.7 Å². The third kappa shape index (κ3) is 3.85. The number of amides is 2. The summed E-state index contributed by atoms with van der Waals surface area (Å²) in [7, 11) is 3.71. The van der Waals surface area contributed by atoms with Crippen molar-refractivity contribution in [1.82, 2.24) is 15.1 Å². The zero-order chi connectivity index (χ0) is 15.4.